The highest BCUT2D eigenvalue weighted by molar-refractivity contribution is 5.92. The van der Waals surface area contributed by atoms with E-state index in [0.717, 1.165) is 92.3 Å². The van der Waals surface area contributed by atoms with Gasteiger partial charge in [0.25, 0.3) is 0 Å². The van der Waals surface area contributed by atoms with Gasteiger partial charge in [-0.1, -0.05) is 32.7 Å². The summed E-state index contributed by atoms with van der Waals surface area (Å²) in [5.74, 6) is 4.43. The molecule has 14 heteroatoms. The number of rotatable bonds is 15. The van der Waals surface area contributed by atoms with Crippen molar-refractivity contribution < 1.29 is 66.7 Å². The number of hydrogen-bond donors (Lipinski definition) is 0. The first-order valence-corrected chi connectivity index (χ1v) is 30.0. The molecular weight excluding hydrogens is 1000 g/mol. The number of carbonyl (C=O) groups is 7. The zero-order valence-corrected chi connectivity index (χ0v) is 49.7. The van der Waals surface area contributed by atoms with Gasteiger partial charge in [0, 0.05) is 27.7 Å². The predicted molar refractivity (Wildman–Crippen MR) is 298 cm³/mol. The molecule has 0 aliphatic heterocycles. The fourth-order valence-corrected chi connectivity index (χ4v) is 16.2. The molecule has 13 rings (SSSR count). The van der Waals surface area contributed by atoms with Gasteiger partial charge >= 0.3 is 41.8 Å². The highest BCUT2D eigenvalue weighted by atomic mass is 16.6. The molecular formula is C65H96O14. The van der Waals surface area contributed by atoms with E-state index in [2.05, 4.69) is 26.3 Å². The van der Waals surface area contributed by atoms with Crippen molar-refractivity contribution >= 4 is 41.8 Å². The minimum atomic E-state index is -1.27. The molecule has 13 saturated carbocycles. The second-order valence-corrected chi connectivity index (χ2v) is 28.3. The van der Waals surface area contributed by atoms with Gasteiger partial charge in [-0.05, 0) is 263 Å². The molecule has 0 spiro atoms. The molecule has 440 valence electrons. The fraction of sp³-hybridized carbons (Fsp3) is 0.769. The molecule has 13 fully saturated rings. The summed E-state index contributed by atoms with van der Waals surface area (Å²) in [7, 11) is 0. The number of hydrogen-bond acceptors (Lipinski definition) is 14. The maximum atomic E-state index is 12.5. The van der Waals surface area contributed by atoms with Gasteiger partial charge in [-0.2, -0.15) is 0 Å². The summed E-state index contributed by atoms with van der Waals surface area (Å²) in [5.41, 5.74) is -2.33. The van der Waals surface area contributed by atoms with Crippen LogP contribution in [0.4, 0.5) is 0 Å². The summed E-state index contributed by atoms with van der Waals surface area (Å²) in [6.07, 6.45) is 26.4. The van der Waals surface area contributed by atoms with Gasteiger partial charge < -0.3 is 33.2 Å². The first kappa shape index (κ1) is 61.9. The van der Waals surface area contributed by atoms with E-state index in [1.807, 2.05) is 0 Å². The third-order valence-electron chi connectivity index (χ3n) is 19.1. The quantitative estimate of drug-likeness (QED) is 0.0857. The standard InChI is InChI=1S/C19H28O4.C18H26O4.C14H22O4.C14H20O2/c1-12(2)16(20)23-18(3,4)17(21)22-11-19-8-13-5-14(9-19)7-15(6-13)10-19;1-10(2)16(19)22-18(3,4)17(20)21-15-13-6-11-5-12(8-13)9-14(15)7-11;1-10(2)12(15)18-14(3,4)13(16)17-11-8-6-5-7-9-11;1-9(2)13(15)16-14-6-10-3-11(7-14)5-12(4-10)8-14/h13-15H,1,5-11H2,2-4H3;11-15H,1,5-9H2,2-4H3;11H,1,5-9H2,2-4H3;10-12H,1,3-8H2,2H3. The Bertz CT molecular complexity index is 2260. The molecule has 12 bridgehead atoms. The van der Waals surface area contributed by atoms with Crippen LogP contribution in [0.1, 0.15) is 210 Å². The lowest BCUT2D eigenvalue weighted by molar-refractivity contribution is -0.194. The van der Waals surface area contributed by atoms with Gasteiger partial charge in [-0.25, -0.2) is 33.6 Å². The largest absolute Gasteiger partial charge is 0.462 e. The van der Waals surface area contributed by atoms with Crippen LogP contribution in [-0.4, -0.2) is 83.0 Å². The van der Waals surface area contributed by atoms with Gasteiger partial charge in [-0.15, -0.1) is 0 Å². The third-order valence-corrected chi connectivity index (χ3v) is 19.1. The summed E-state index contributed by atoms with van der Waals surface area (Å²) in [5, 5.41) is 0. The van der Waals surface area contributed by atoms with Gasteiger partial charge in [0.1, 0.15) is 17.8 Å². The lowest BCUT2D eigenvalue weighted by Crippen LogP contribution is -2.52. The summed E-state index contributed by atoms with van der Waals surface area (Å²) in [4.78, 5) is 83.3. The Morgan fingerprint density at radius 3 is 1.11 bits per heavy atom. The molecule has 13 aliphatic carbocycles. The Kier molecular flexibility index (Phi) is 19.4. The zero-order valence-electron chi connectivity index (χ0n) is 49.7. The molecule has 0 aromatic carbocycles. The lowest BCUT2D eigenvalue weighted by atomic mass is 9.50. The maximum Gasteiger partial charge on any atom is 0.350 e. The van der Waals surface area contributed by atoms with E-state index in [-0.39, 0.29) is 45.9 Å². The zero-order chi connectivity index (χ0) is 58.0. The second-order valence-electron chi connectivity index (χ2n) is 28.3. The van der Waals surface area contributed by atoms with Crippen LogP contribution in [-0.2, 0) is 66.7 Å². The van der Waals surface area contributed by atoms with Gasteiger partial charge in [-0.3, -0.25) is 0 Å². The van der Waals surface area contributed by atoms with Crippen LogP contribution in [0, 0.1) is 64.6 Å². The Morgan fingerprint density at radius 2 is 0.747 bits per heavy atom. The Labute approximate surface area is 471 Å². The molecule has 0 radical (unpaired) electrons. The van der Waals surface area contributed by atoms with Crippen molar-refractivity contribution in [3.63, 3.8) is 0 Å². The van der Waals surface area contributed by atoms with E-state index in [1.54, 1.807) is 69.2 Å². The second kappa shape index (κ2) is 24.8. The Morgan fingerprint density at radius 1 is 0.418 bits per heavy atom. The molecule has 14 nitrogen and oxygen atoms in total. The lowest BCUT2D eigenvalue weighted by Gasteiger charge is -2.56. The van der Waals surface area contributed by atoms with E-state index < -0.39 is 52.6 Å². The first-order valence-electron chi connectivity index (χ1n) is 30.0. The maximum absolute atomic E-state index is 12.5. The summed E-state index contributed by atoms with van der Waals surface area (Å²) in [6, 6.07) is 0. The molecule has 0 saturated heterocycles. The van der Waals surface area contributed by atoms with Crippen LogP contribution < -0.4 is 0 Å². The van der Waals surface area contributed by atoms with Crippen molar-refractivity contribution in [2.45, 2.75) is 245 Å². The van der Waals surface area contributed by atoms with Crippen molar-refractivity contribution in [2.24, 2.45) is 64.6 Å². The van der Waals surface area contributed by atoms with E-state index in [9.17, 15) is 33.6 Å². The minimum absolute atomic E-state index is 0.0168. The van der Waals surface area contributed by atoms with Crippen LogP contribution in [0.15, 0.2) is 48.6 Å². The van der Waals surface area contributed by atoms with Crippen LogP contribution >= 0.6 is 0 Å². The topological polar surface area (TPSA) is 184 Å². The summed E-state index contributed by atoms with van der Waals surface area (Å²) < 4.78 is 38.2. The van der Waals surface area contributed by atoms with Gasteiger partial charge in [0.15, 0.2) is 0 Å². The Hall–Kier alpha value is -4.75. The van der Waals surface area contributed by atoms with E-state index >= 15 is 0 Å². The van der Waals surface area contributed by atoms with Crippen LogP contribution in [0.2, 0.25) is 0 Å². The number of esters is 7. The molecule has 0 amide bonds. The van der Waals surface area contributed by atoms with Gasteiger partial charge in [0.05, 0.1) is 6.61 Å². The molecule has 79 heavy (non-hydrogen) atoms. The monoisotopic (exact) mass is 1100 g/mol. The molecule has 0 atom stereocenters. The SMILES string of the molecule is C=C(C)C(=O)OC(C)(C)C(=O)OC1C2CC3CC(C2)CC1C3.C=C(C)C(=O)OC(C)(C)C(=O)OC1CCCCC1.C=C(C)C(=O)OC(C)(C)C(=O)OCC12CC3CC(CC(C3)C1)C2.C=C(C)C(=O)OC12CC3CC(CC(C3)C1)C2. The summed E-state index contributed by atoms with van der Waals surface area (Å²) in [6.45, 7) is 30.6. The average Bonchev–Trinajstić information content (AvgIpc) is 3.33. The average molecular weight is 1100 g/mol. The predicted octanol–water partition coefficient (Wildman–Crippen LogP) is 12.7. The van der Waals surface area contributed by atoms with E-state index in [1.165, 1.54) is 96.3 Å². The Balaban J connectivity index is 0.000000154. The number of carbonyl (C=O) groups excluding carboxylic acids is 7. The highest BCUT2D eigenvalue weighted by Crippen LogP contribution is 2.61. The smallest absolute Gasteiger partial charge is 0.350 e. The van der Waals surface area contributed by atoms with E-state index in [4.69, 9.17) is 33.2 Å². The normalized spacial score (nSPS) is 33.1. The summed E-state index contributed by atoms with van der Waals surface area (Å²) >= 11 is 0. The van der Waals surface area contributed by atoms with Crippen molar-refractivity contribution in [1.29, 1.82) is 0 Å². The van der Waals surface area contributed by atoms with Crippen molar-refractivity contribution in [2.75, 3.05) is 6.61 Å². The minimum Gasteiger partial charge on any atom is -0.462 e. The molecule has 0 heterocycles. The first-order chi connectivity index (χ1) is 36.8. The van der Waals surface area contributed by atoms with Gasteiger partial charge in [0.2, 0.25) is 16.8 Å². The molecule has 0 N–H and O–H groups in total. The molecule has 0 aromatic rings. The molecule has 0 unspecified atom stereocenters. The van der Waals surface area contributed by atoms with Crippen molar-refractivity contribution in [1.82, 2.24) is 0 Å². The van der Waals surface area contributed by atoms with Crippen LogP contribution in [0.5, 0.6) is 0 Å². The van der Waals surface area contributed by atoms with Crippen LogP contribution in [0.25, 0.3) is 0 Å². The van der Waals surface area contributed by atoms with Crippen molar-refractivity contribution in [3.8, 4) is 0 Å². The third kappa shape index (κ3) is 15.8. The highest BCUT2D eigenvalue weighted by Gasteiger charge is 2.55. The van der Waals surface area contributed by atoms with Crippen molar-refractivity contribution in [3.05, 3.63) is 48.6 Å². The van der Waals surface area contributed by atoms with E-state index in [0.29, 0.717) is 24.0 Å². The molecule has 0 aromatic heterocycles. The fourth-order valence-electron chi connectivity index (χ4n) is 16.2. The van der Waals surface area contributed by atoms with Crippen LogP contribution in [0.3, 0.4) is 0 Å². The number of ether oxygens (including phenoxy) is 7. The molecule has 13 aliphatic rings.